The van der Waals surface area contributed by atoms with Gasteiger partial charge in [0.05, 0.1) is 25.4 Å². The summed E-state index contributed by atoms with van der Waals surface area (Å²) in [5, 5.41) is 21.5. The molecule has 1 rings (SSSR count). The van der Waals surface area contributed by atoms with Gasteiger partial charge in [0.25, 0.3) is 0 Å². The van der Waals surface area contributed by atoms with Crippen LogP contribution in [0.5, 0.6) is 0 Å². The van der Waals surface area contributed by atoms with Crippen molar-refractivity contribution >= 4 is 24.6 Å². The van der Waals surface area contributed by atoms with E-state index in [1.54, 1.807) is 0 Å². The van der Waals surface area contributed by atoms with Gasteiger partial charge in [-0.25, -0.2) is 0 Å². The van der Waals surface area contributed by atoms with E-state index < -0.39 is 18.5 Å². The van der Waals surface area contributed by atoms with Gasteiger partial charge in [0.1, 0.15) is 0 Å². The smallest absolute Gasteiger partial charge is 0.229 e. The molecular weight excluding hydrogens is 348 g/mol. The molecule has 1 heterocycles. The SMILES string of the molecule is O=C(CCCCCCC(=O)NCCOC1CC(O)CC(CO)O1)NS. The van der Waals surface area contributed by atoms with Crippen molar-refractivity contribution in [1.29, 1.82) is 0 Å². The van der Waals surface area contributed by atoms with Crippen molar-refractivity contribution < 1.29 is 29.3 Å². The summed E-state index contributed by atoms with van der Waals surface area (Å²) in [4.78, 5) is 22.7. The number of carbonyl (C=O) groups excluding carboxylic acids is 2. The van der Waals surface area contributed by atoms with Gasteiger partial charge in [0.15, 0.2) is 6.29 Å². The van der Waals surface area contributed by atoms with Crippen LogP contribution in [0.1, 0.15) is 51.4 Å². The Balaban J connectivity index is 1.97. The molecule has 1 aliphatic rings. The van der Waals surface area contributed by atoms with Crippen LogP contribution in [0.25, 0.3) is 0 Å². The molecule has 3 atom stereocenters. The quantitative estimate of drug-likeness (QED) is 0.246. The molecule has 0 aromatic heterocycles. The van der Waals surface area contributed by atoms with Crippen molar-refractivity contribution in [2.75, 3.05) is 19.8 Å². The lowest BCUT2D eigenvalue weighted by Gasteiger charge is -2.32. The first-order chi connectivity index (χ1) is 12.0. The van der Waals surface area contributed by atoms with Crippen LogP contribution in [-0.2, 0) is 19.1 Å². The normalized spacial score (nSPS) is 23.2. The van der Waals surface area contributed by atoms with Crippen molar-refractivity contribution in [2.45, 2.75) is 69.9 Å². The van der Waals surface area contributed by atoms with Crippen LogP contribution in [0, 0.1) is 0 Å². The van der Waals surface area contributed by atoms with E-state index in [1.165, 1.54) is 0 Å². The standard InChI is InChI=1S/C16H30N2O6S/c19-11-13-9-12(20)10-16(24-13)23-8-7-17-14(21)5-3-1-2-4-6-15(22)18-25/h12-13,16,19-20,25H,1-11H2,(H,17,21)(H,18,22). The number of thiol groups is 1. The van der Waals surface area contributed by atoms with Gasteiger partial charge in [-0.2, -0.15) is 0 Å². The number of hydrogen-bond donors (Lipinski definition) is 5. The molecule has 0 saturated carbocycles. The number of rotatable bonds is 12. The van der Waals surface area contributed by atoms with Crippen LogP contribution in [-0.4, -0.2) is 60.3 Å². The van der Waals surface area contributed by atoms with Gasteiger partial charge < -0.3 is 29.7 Å². The van der Waals surface area contributed by atoms with Crippen molar-refractivity contribution in [3.8, 4) is 0 Å². The first-order valence-electron chi connectivity index (χ1n) is 8.80. The average molecular weight is 378 g/mol. The van der Waals surface area contributed by atoms with Crippen LogP contribution in [0.3, 0.4) is 0 Å². The summed E-state index contributed by atoms with van der Waals surface area (Å²) < 4.78 is 13.2. The molecule has 9 heteroatoms. The summed E-state index contributed by atoms with van der Waals surface area (Å²) in [6, 6.07) is 0. The first kappa shape index (κ1) is 22.2. The second-order valence-corrected chi connectivity index (χ2v) is 6.39. The molecule has 0 radical (unpaired) electrons. The van der Waals surface area contributed by atoms with E-state index in [9.17, 15) is 14.7 Å². The van der Waals surface area contributed by atoms with Crippen LogP contribution in [0.15, 0.2) is 0 Å². The predicted octanol–water partition coefficient (Wildman–Crippen LogP) is 0.279. The van der Waals surface area contributed by atoms with Crippen molar-refractivity contribution in [3.63, 3.8) is 0 Å². The molecule has 146 valence electrons. The van der Waals surface area contributed by atoms with Gasteiger partial charge >= 0.3 is 0 Å². The molecule has 0 aliphatic carbocycles. The lowest BCUT2D eigenvalue weighted by molar-refractivity contribution is -0.220. The summed E-state index contributed by atoms with van der Waals surface area (Å²) in [6.07, 6.45) is 3.59. The molecule has 0 spiro atoms. The maximum absolute atomic E-state index is 11.7. The molecule has 8 nitrogen and oxygen atoms in total. The van der Waals surface area contributed by atoms with Crippen LogP contribution < -0.4 is 10.0 Å². The third kappa shape index (κ3) is 10.7. The zero-order chi connectivity index (χ0) is 18.5. The minimum Gasteiger partial charge on any atom is -0.394 e. The van der Waals surface area contributed by atoms with Gasteiger partial charge in [0, 0.05) is 32.2 Å². The Bertz CT molecular complexity index is 399. The Kier molecular flexibility index (Phi) is 11.8. The minimum atomic E-state index is -0.549. The van der Waals surface area contributed by atoms with Crippen molar-refractivity contribution in [1.82, 2.24) is 10.0 Å². The summed E-state index contributed by atoms with van der Waals surface area (Å²) >= 11 is 3.68. The zero-order valence-electron chi connectivity index (χ0n) is 14.5. The van der Waals surface area contributed by atoms with E-state index in [0.29, 0.717) is 38.8 Å². The number of hydrogen-bond acceptors (Lipinski definition) is 7. The summed E-state index contributed by atoms with van der Waals surface area (Å²) in [5.41, 5.74) is 0. The van der Waals surface area contributed by atoms with Crippen molar-refractivity contribution in [2.24, 2.45) is 0 Å². The highest BCUT2D eigenvalue weighted by atomic mass is 32.1. The van der Waals surface area contributed by atoms with Crippen molar-refractivity contribution in [3.05, 3.63) is 0 Å². The minimum absolute atomic E-state index is 0.0328. The first-order valence-corrected chi connectivity index (χ1v) is 9.25. The fraction of sp³-hybridized carbons (Fsp3) is 0.875. The third-order valence-electron chi connectivity index (χ3n) is 3.96. The largest absolute Gasteiger partial charge is 0.394 e. The molecule has 25 heavy (non-hydrogen) atoms. The summed E-state index contributed by atoms with van der Waals surface area (Å²) in [5.74, 6) is -0.115. The van der Waals surface area contributed by atoms with E-state index in [4.69, 9.17) is 14.6 Å². The second-order valence-electron chi connectivity index (χ2n) is 6.17. The molecule has 3 unspecified atom stereocenters. The Morgan fingerprint density at radius 1 is 1.12 bits per heavy atom. The van der Waals surface area contributed by atoms with E-state index in [2.05, 4.69) is 22.9 Å². The van der Waals surface area contributed by atoms with Crippen LogP contribution >= 0.6 is 12.8 Å². The number of nitrogens with one attached hydrogen (secondary N) is 2. The van der Waals surface area contributed by atoms with Crippen LogP contribution in [0.2, 0.25) is 0 Å². The van der Waals surface area contributed by atoms with Crippen LogP contribution in [0.4, 0.5) is 0 Å². The maximum atomic E-state index is 11.7. The predicted molar refractivity (Wildman–Crippen MR) is 94.8 cm³/mol. The number of unbranched alkanes of at least 4 members (excludes halogenated alkanes) is 3. The lowest BCUT2D eigenvalue weighted by atomic mass is 10.1. The zero-order valence-corrected chi connectivity index (χ0v) is 15.4. The molecule has 0 bridgehead atoms. The molecule has 0 aromatic carbocycles. The molecule has 1 aliphatic heterocycles. The average Bonchev–Trinajstić information content (AvgIpc) is 2.60. The number of aliphatic hydroxyl groups is 2. The van der Waals surface area contributed by atoms with Gasteiger partial charge in [-0.15, -0.1) is 0 Å². The topological polar surface area (TPSA) is 117 Å². The molecule has 0 aromatic rings. The number of ether oxygens (including phenoxy) is 2. The van der Waals surface area contributed by atoms with Gasteiger partial charge in [-0.05, 0) is 12.8 Å². The molecule has 1 fully saturated rings. The number of aliphatic hydroxyl groups excluding tert-OH is 2. The van der Waals surface area contributed by atoms with Gasteiger partial charge in [-0.3, -0.25) is 9.59 Å². The van der Waals surface area contributed by atoms with Gasteiger partial charge in [-0.1, -0.05) is 25.7 Å². The fourth-order valence-electron chi connectivity index (χ4n) is 2.62. The maximum Gasteiger partial charge on any atom is 0.229 e. The van der Waals surface area contributed by atoms with E-state index in [1.807, 2.05) is 0 Å². The molecule has 2 amide bonds. The Morgan fingerprint density at radius 3 is 2.44 bits per heavy atom. The number of carbonyl (C=O) groups is 2. The number of amides is 2. The highest BCUT2D eigenvalue weighted by molar-refractivity contribution is 7.78. The van der Waals surface area contributed by atoms with E-state index in [0.717, 1.165) is 25.7 Å². The fourth-order valence-corrected chi connectivity index (χ4v) is 2.73. The monoisotopic (exact) mass is 378 g/mol. The van der Waals surface area contributed by atoms with E-state index in [-0.39, 0.29) is 18.4 Å². The Hall–Kier alpha value is -0.870. The van der Waals surface area contributed by atoms with Gasteiger partial charge in [0.2, 0.25) is 11.8 Å². The lowest BCUT2D eigenvalue weighted by Crippen LogP contribution is -2.40. The Labute approximate surface area is 154 Å². The molecular formula is C16H30N2O6S. The Morgan fingerprint density at radius 2 is 1.80 bits per heavy atom. The molecule has 4 N–H and O–H groups in total. The molecule has 1 saturated heterocycles. The highest BCUT2D eigenvalue weighted by Gasteiger charge is 2.28. The second kappa shape index (κ2) is 13.3. The highest BCUT2D eigenvalue weighted by Crippen LogP contribution is 2.20. The summed E-state index contributed by atoms with van der Waals surface area (Å²) in [7, 11) is 0. The van der Waals surface area contributed by atoms with E-state index >= 15 is 0 Å². The third-order valence-corrected chi connectivity index (χ3v) is 4.21. The summed E-state index contributed by atoms with van der Waals surface area (Å²) in [6.45, 7) is 0.522.